The summed E-state index contributed by atoms with van der Waals surface area (Å²) in [5.41, 5.74) is 1.72. The number of hydrogen-bond acceptors (Lipinski definition) is 4. The van der Waals surface area contributed by atoms with Gasteiger partial charge in [0.2, 0.25) is 5.91 Å². The molecule has 0 spiro atoms. The van der Waals surface area contributed by atoms with Crippen molar-refractivity contribution in [2.45, 2.75) is 91.3 Å². The van der Waals surface area contributed by atoms with Gasteiger partial charge < -0.3 is 20.3 Å². The number of unbranched alkanes of at least 4 members (excludes halogenated alkanes) is 4. The highest BCUT2D eigenvalue weighted by molar-refractivity contribution is 6.00. The normalized spacial score (nSPS) is 12.8. The SMILES string of the molecule is CCCCCCCN(C(=O)C(C)NC(=O)OC(C)(C)C)C(C(=O)Nc1ccc2ccccc2c1)c1ccc(C)cc1. The molecule has 0 aliphatic rings. The van der Waals surface area contributed by atoms with Crippen molar-refractivity contribution >= 4 is 34.4 Å². The maximum atomic E-state index is 14.0. The van der Waals surface area contributed by atoms with Crippen LogP contribution >= 0.6 is 0 Å². The van der Waals surface area contributed by atoms with Gasteiger partial charge in [-0.3, -0.25) is 9.59 Å². The molecule has 3 aromatic rings. The average molecular weight is 560 g/mol. The lowest BCUT2D eigenvalue weighted by molar-refractivity contribution is -0.140. The molecule has 7 heteroatoms. The predicted octanol–water partition coefficient (Wildman–Crippen LogP) is 7.54. The molecule has 0 saturated heterocycles. The summed E-state index contributed by atoms with van der Waals surface area (Å²) < 4.78 is 5.38. The highest BCUT2D eigenvalue weighted by Gasteiger charge is 2.34. The van der Waals surface area contributed by atoms with Crippen molar-refractivity contribution in [1.29, 1.82) is 0 Å². The Labute approximate surface area is 244 Å². The van der Waals surface area contributed by atoms with Crippen molar-refractivity contribution in [2.24, 2.45) is 0 Å². The lowest BCUT2D eigenvalue weighted by Crippen LogP contribution is -2.51. The van der Waals surface area contributed by atoms with Crippen LogP contribution in [0.5, 0.6) is 0 Å². The van der Waals surface area contributed by atoms with Crippen molar-refractivity contribution in [3.63, 3.8) is 0 Å². The summed E-state index contributed by atoms with van der Waals surface area (Å²) in [4.78, 5) is 42.1. The van der Waals surface area contributed by atoms with Crippen LogP contribution in [0.4, 0.5) is 10.5 Å². The zero-order chi connectivity index (χ0) is 30.0. The van der Waals surface area contributed by atoms with E-state index in [0.717, 1.165) is 48.4 Å². The van der Waals surface area contributed by atoms with Gasteiger partial charge >= 0.3 is 6.09 Å². The fourth-order valence-corrected chi connectivity index (χ4v) is 4.75. The maximum absolute atomic E-state index is 14.0. The average Bonchev–Trinajstić information content (AvgIpc) is 2.91. The van der Waals surface area contributed by atoms with Crippen molar-refractivity contribution in [1.82, 2.24) is 10.2 Å². The Bertz CT molecular complexity index is 1310. The first-order valence-electron chi connectivity index (χ1n) is 14.6. The summed E-state index contributed by atoms with van der Waals surface area (Å²) in [5, 5.41) is 7.81. The number of anilines is 1. The first kappa shape index (κ1) is 31.7. The Balaban J connectivity index is 1.93. The number of amides is 3. The first-order chi connectivity index (χ1) is 19.5. The van der Waals surface area contributed by atoms with E-state index in [2.05, 4.69) is 17.6 Å². The summed E-state index contributed by atoms with van der Waals surface area (Å²) in [5.74, 6) is -0.652. The number of fused-ring (bicyclic) bond motifs is 1. The van der Waals surface area contributed by atoms with Crippen LogP contribution in [-0.2, 0) is 14.3 Å². The quantitative estimate of drug-likeness (QED) is 0.224. The van der Waals surface area contributed by atoms with E-state index in [4.69, 9.17) is 4.74 Å². The van der Waals surface area contributed by atoms with Crippen LogP contribution in [0, 0.1) is 6.92 Å². The molecule has 2 atom stereocenters. The van der Waals surface area contributed by atoms with Gasteiger partial charge in [-0.25, -0.2) is 4.79 Å². The monoisotopic (exact) mass is 559 g/mol. The van der Waals surface area contributed by atoms with Gasteiger partial charge in [-0.2, -0.15) is 0 Å². The van der Waals surface area contributed by atoms with Gasteiger partial charge in [0.15, 0.2) is 0 Å². The van der Waals surface area contributed by atoms with Gasteiger partial charge in [0, 0.05) is 12.2 Å². The van der Waals surface area contributed by atoms with E-state index in [1.807, 2.05) is 73.7 Å². The largest absolute Gasteiger partial charge is 0.444 e. The topological polar surface area (TPSA) is 87.7 Å². The van der Waals surface area contributed by atoms with Crippen LogP contribution in [0.2, 0.25) is 0 Å². The Morgan fingerprint density at radius 2 is 1.54 bits per heavy atom. The van der Waals surface area contributed by atoms with Gasteiger partial charge in [0.1, 0.15) is 17.7 Å². The number of alkyl carbamates (subject to hydrolysis) is 1. The van der Waals surface area contributed by atoms with E-state index < -0.39 is 23.8 Å². The van der Waals surface area contributed by atoms with Gasteiger partial charge in [0.05, 0.1) is 0 Å². The van der Waals surface area contributed by atoms with Crippen LogP contribution in [-0.4, -0.2) is 41.0 Å². The van der Waals surface area contributed by atoms with Crippen molar-refractivity contribution < 1.29 is 19.1 Å². The Morgan fingerprint density at radius 3 is 2.20 bits per heavy atom. The Morgan fingerprint density at radius 1 is 0.878 bits per heavy atom. The van der Waals surface area contributed by atoms with Crippen LogP contribution in [0.15, 0.2) is 66.7 Å². The molecule has 0 aromatic heterocycles. The molecule has 0 saturated carbocycles. The molecule has 0 radical (unpaired) electrons. The fourth-order valence-electron chi connectivity index (χ4n) is 4.75. The van der Waals surface area contributed by atoms with E-state index >= 15 is 0 Å². The number of carbonyl (C=O) groups is 3. The van der Waals surface area contributed by atoms with Crippen LogP contribution in [0.3, 0.4) is 0 Å². The number of rotatable bonds is 12. The third kappa shape index (κ3) is 9.62. The third-order valence-corrected chi connectivity index (χ3v) is 6.86. The second kappa shape index (κ2) is 14.7. The van der Waals surface area contributed by atoms with Crippen molar-refractivity contribution in [3.05, 3.63) is 77.9 Å². The number of nitrogens with one attached hydrogen (secondary N) is 2. The van der Waals surface area contributed by atoms with Crippen LogP contribution in [0.25, 0.3) is 10.8 Å². The molecular weight excluding hydrogens is 514 g/mol. The molecule has 0 heterocycles. The van der Waals surface area contributed by atoms with Crippen molar-refractivity contribution in [3.8, 4) is 0 Å². The molecule has 3 aromatic carbocycles. The van der Waals surface area contributed by atoms with Gasteiger partial charge in [0.25, 0.3) is 5.91 Å². The molecule has 0 aliphatic carbocycles. The molecule has 0 bridgehead atoms. The molecule has 2 N–H and O–H groups in total. The second-order valence-electron chi connectivity index (χ2n) is 11.7. The zero-order valence-electron chi connectivity index (χ0n) is 25.3. The van der Waals surface area contributed by atoms with Crippen molar-refractivity contribution in [2.75, 3.05) is 11.9 Å². The smallest absolute Gasteiger partial charge is 0.408 e. The van der Waals surface area contributed by atoms with Crippen LogP contribution in [0.1, 0.15) is 83.9 Å². The predicted molar refractivity (Wildman–Crippen MR) is 166 cm³/mol. The lowest BCUT2D eigenvalue weighted by Gasteiger charge is -2.34. The maximum Gasteiger partial charge on any atom is 0.408 e. The zero-order valence-corrected chi connectivity index (χ0v) is 25.3. The van der Waals surface area contributed by atoms with E-state index in [1.54, 1.807) is 32.6 Å². The first-order valence-corrected chi connectivity index (χ1v) is 14.6. The minimum absolute atomic E-state index is 0.310. The number of hydrogen-bond donors (Lipinski definition) is 2. The Kier molecular flexibility index (Phi) is 11.3. The number of carbonyl (C=O) groups excluding carboxylic acids is 3. The summed E-state index contributed by atoms with van der Waals surface area (Å²) in [6.07, 6.45) is 4.31. The van der Waals surface area contributed by atoms with Crippen LogP contribution < -0.4 is 10.6 Å². The van der Waals surface area contributed by atoms with E-state index in [9.17, 15) is 14.4 Å². The molecular formula is C34H45N3O4. The van der Waals surface area contributed by atoms with E-state index in [-0.39, 0.29) is 11.8 Å². The number of ether oxygens (including phenoxy) is 1. The second-order valence-corrected chi connectivity index (χ2v) is 11.7. The highest BCUT2D eigenvalue weighted by Crippen LogP contribution is 2.27. The summed E-state index contributed by atoms with van der Waals surface area (Å²) in [7, 11) is 0. The standard InChI is InChI=1S/C34H45N3O4/c1-7-8-9-10-13-22-37(32(39)25(3)35-33(40)41-34(4,5)6)30(27-18-16-24(2)17-19-27)31(38)36-29-21-20-26-14-11-12-15-28(26)23-29/h11-12,14-21,23,25,30H,7-10,13,22H2,1-6H3,(H,35,40)(H,36,38). The Hall–Kier alpha value is -3.87. The van der Waals surface area contributed by atoms with E-state index in [0.29, 0.717) is 17.8 Å². The molecule has 3 amide bonds. The number of aryl methyl sites for hydroxylation is 1. The molecule has 220 valence electrons. The molecule has 0 fully saturated rings. The highest BCUT2D eigenvalue weighted by atomic mass is 16.6. The van der Waals surface area contributed by atoms with Gasteiger partial charge in [-0.05, 0) is 69.5 Å². The van der Waals surface area contributed by atoms with Gasteiger partial charge in [-0.15, -0.1) is 0 Å². The molecule has 41 heavy (non-hydrogen) atoms. The third-order valence-electron chi connectivity index (χ3n) is 6.86. The molecule has 2 unspecified atom stereocenters. The lowest BCUT2D eigenvalue weighted by atomic mass is 10.0. The minimum atomic E-state index is -0.887. The molecule has 7 nitrogen and oxygen atoms in total. The summed E-state index contributed by atoms with van der Waals surface area (Å²) in [6.45, 7) is 11.5. The molecule has 3 rings (SSSR count). The molecule has 0 aliphatic heterocycles. The van der Waals surface area contributed by atoms with Gasteiger partial charge in [-0.1, -0.05) is 92.8 Å². The van der Waals surface area contributed by atoms with E-state index in [1.165, 1.54) is 0 Å². The number of nitrogens with zero attached hydrogens (tertiary/aromatic N) is 1. The fraction of sp³-hybridized carbons (Fsp3) is 0.441. The number of benzene rings is 3. The minimum Gasteiger partial charge on any atom is -0.444 e. The summed E-state index contributed by atoms with van der Waals surface area (Å²) in [6, 6.07) is 19.6. The summed E-state index contributed by atoms with van der Waals surface area (Å²) >= 11 is 0.